The lowest BCUT2D eigenvalue weighted by molar-refractivity contribution is 0.102. The highest BCUT2D eigenvalue weighted by atomic mass is 32.2. The highest BCUT2D eigenvalue weighted by Crippen LogP contribution is 2.27. The average molecular weight is 391 g/mol. The summed E-state index contributed by atoms with van der Waals surface area (Å²) in [7, 11) is 1.60. The van der Waals surface area contributed by atoms with Crippen LogP contribution >= 0.6 is 11.8 Å². The number of pyridine rings is 2. The van der Waals surface area contributed by atoms with Gasteiger partial charge in [0.2, 0.25) is 5.88 Å². The molecule has 142 valence electrons. The van der Waals surface area contributed by atoms with Gasteiger partial charge in [-0.3, -0.25) is 4.79 Å². The van der Waals surface area contributed by atoms with Crippen LogP contribution in [0.4, 0.5) is 5.69 Å². The Morgan fingerprint density at radius 3 is 2.89 bits per heavy atom. The number of fused-ring (bicyclic) bond motifs is 1. The molecule has 0 radical (unpaired) electrons. The molecule has 0 unspecified atom stereocenters. The Balaban J connectivity index is 1.48. The van der Waals surface area contributed by atoms with E-state index >= 15 is 0 Å². The van der Waals surface area contributed by atoms with Gasteiger partial charge in [0.15, 0.2) is 0 Å². The number of ether oxygens (including phenoxy) is 1. The van der Waals surface area contributed by atoms with Gasteiger partial charge in [0.05, 0.1) is 12.7 Å². The van der Waals surface area contributed by atoms with E-state index in [0.29, 0.717) is 22.2 Å². The van der Waals surface area contributed by atoms with Crippen LogP contribution in [0.2, 0.25) is 0 Å². The van der Waals surface area contributed by atoms with Crippen LogP contribution in [0.1, 0.15) is 33.5 Å². The molecule has 0 bridgehead atoms. The molecule has 0 aliphatic heterocycles. The third-order valence-corrected chi connectivity index (χ3v) is 5.83. The zero-order valence-corrected chi connectivity index (χ0v) is 16.5. The molecule has 2 aromatic heterocycles. The highest BCUT2D eigenvalue weighted by molar-refractivity contribution is 7.98. The van der Waals surface area contributed by atoms with Crippen LogP contribution in [0.25, 0.3) is 0 Å². The molecule has 1 aliphatic carbocycles. The monoisotopic (exact) mass is 391 g/mol. The summed E-state index contributed by atoms with van der Waals surface area (Å²) in [6, 6.07) is 13.6. The summed E-state index contributed by atoms with van der Waals surface area (Å²) >= 11 is 1.52. The normalized spacial score (nSPS) is 12.5. The summed E-state index contributed by atoms with van der Waals surface area (Å²) in [5.41, 5.74) is 5.21. The summed E-state index contributed by atoms with van der Waals surface area (Å²) in [5, 5.41) is 3.73. The van der Waals surface area contributed by atoms with Crippen molar-refractivity contribution in [1.29, 1.82) is 0 Å². The fourth-order valence-corrected chi connectivity index (χ4v) is 4.26. The van der Waals surface area contributed by atoms with Crippen molar-refractivity contribution < 1.29 is 9.53 Å². The van der Waals surface area contributed by atoms with Crippen LogP contribution in [0.3, 0.4) is 0 Å². The van der Waals surface area contributed by atoms with Crippen molar-refractivity contribution in [3.63, 3.8) is 0 Å². The fourth-order valence-electron chi connectivity index (χ4n) is 3.33. The Morgan fingerprint density at radius 2 is 2.00 bits per heavy atom. The Labute approximate surface area is 168 Å². The van der Waals surface area contributed by atoms with Crippen molar-refractivity contribution in [3.05, 3.63) is 77.1 Å². The molecule has 1 aliphatic rings. The van der Waals surface area contributed by atoms with Crippen LogP contribution in [0.5, 0.6) is 5.88 Å². The molecule has 1 N–H and O–H groups in total. The van der Waals surface area contributed by atoms with Crippen LogP contribution in [0, 0.1) is 0 Å². The first-order valence-electron chi connectivity index (χ1n) is 9.23. The van der Waals surface area contributed by atoms with Gasteiger partial charge in [0.25, 0.3) is 5.91 Å². The van der Waals surface area contributed by atoms with Crippen LogP contribution in [-0.2, 0) is 18.6 Å². The second kappa shape index (κ2) is 8.44. The van der Waals surface area contributed by atoms with Crippen molar-refractivity contribution in [2.75, 3.05) is 12.4 Å². The van der Waals surface area contributed by atoms with Crippen LogP contribution < -0.4 is 10.1 Å². The van der Waals surface area contributed by atoms with Gasteiger partial charge in [-0.25, -0.2) is 9.97 Å². The molecule has 2 heterocycles. The molecule has 28 heavy (non-hydrogen) atoms. The van der Waals surface area contributed by atoms with E-state index in [4.69, 9.17) is 4.74 Å². The first-order valence-corrected chi connectivity index (χ1v) is 10.2. The largest absolute Gasteiger partial charge is 0.481 e. The average Bonchev–Trinajstić information content (AvgIpc) is 3.20. The van der Waals surface area contributed by atoms with E-state index in [-0.39, 0.29) is 5.91 Å². The fraction of sp³-hybridized carbons (Fsp3) is 0.227. The van der Waals surface area contributed by atoms with E-state index in [1.807, 2.05) is 24.3 Å². The van der Waals surface area contributed by atoms with Crippen molar-refractivity contribution >= 4 is 23.4 Å². The molecule has 4 rings (SSSR count). The summed E-state index contributed by atoms with van der Waals surface area (Å²) in [6.07, 6.45) is 6.83. The zero-order chi connectivity index (χ0) is 19.3. The Morgan fingerprint density at radius 1 is 1.11 bits per heavy atom. The first kappa shape index (κ1) is 18.5. The summed E-state index contributed by atoms with van der Waals surface area (Å²) < 4.78 is 5.17. The van der Waals surface area contributed by atoms with Gasteiger partial charge in [-0.05, 0) is 66.3 Å². The lowest BCUT2D eigenvalue weighted by atomic mass is 10.1. The number of hydrogen-bond donors (Lipinski definition) is 1. The predicted molar refractivity (Wildman–Crippen MR) is 111 cm³/mol. The number of benzene rings is 1. The highest BCUT2D eigenvalue weighted by Gasteiger charge is 2.15. The van der Waals surface area contributed by atoms with Crippen molar-refractivity contribution in [2.45, 2.75) is 30.0 Å². The molecule has 1 amide bonds. The molecular weight excluding hydrogens is 370 g/mol. The molecule has 0 saturated carbocycles. The van der Waals surface area contributed by atoms with Gasteiger partial charge < -0.3 is 10.1 Å². The van der Waals surface area contributed by atoms with E-state index in [9.17, 15) is 4.79 Å². The van der Waals surface area contributed by atoms with Gasteiger partial charge in [0, 0.05) is 29.9 Å². The lowest BCUT2D eigenvalue weighted by Gasteiger charge is -2.10. The standard InChI is InChI=1S/C22H21N3O2S/c1-27-20-12-15(9-11-23-20)14-28-22-19(6-3-10-24-22)21(26)25-18-8-7-16-4-2-5-17(16)13-18/h3,6-13H,2,4-5,14H2,1H3,(H,25,26). The van der Waals surface area contributed by atoms with Crippen LogP contribution in [0.15, 0.2) is 59.9 Å². The number of nitrogens with one attached hydrogen (secondary N) is 1. The van der Waals surface area contributed by atoms with E-state index in [1.54, 1.807) is 25.6 Å². The van der Waals surface area contributed by atoms with E-state index in [2.05, 4.69) is 27.4 Å². The molecule has 0 spiro atoms. The number of carbonyl (C=O) groups excluding carboxylic acids is 1. The molecular formula is C22H21N3O2S. The summed E-state index contributed by atoms with van der Waals surface area (Å²) in [6.45, 7) is 0. The maximum Gasteiger partial charge on any atom is 0.258 e. The maximum atomic E-state index is 12.9. The van der Waals surface area contributed by atoms with Gasteiger partial charge >= 0.3 is 0 Å². The van der Waals surface area contributed by atoms with Gasteiger partial charge in [-0.15, -0.1) is 11.8 Å². The molecule has 0 fully saturated rings. The minimum atomic E-state index is -0.138. The number of amides is 1. The number of nitrogens with zero attached hydrogens (tertiary/aromatic N) is 2. The number of carbonyl (C=O) groups is 1. The third-order valence-electron chi connectivity index (χ3n) is 4.76. The van der Waals surface area contributed by atoms with E-state index < -0.39 is 0 Å². The number of hydrogen-bond acceptors (Lipinski definition) is 5. The number of aryl methyl sites for hydroxylation is 2. The molecule has 3 aromatic rings. The quantitative estimate of drug-likeness (QED) is 0.626. The lowest BCUT2D eigenvalue weighted by Crippen LogP contribution is -2.13. The summed E-state index contributed by atoms with van der Waals surface area (Å²) in [5.74, 6) is 1.12. The topological polar surface area (TPSA) is 64.1 Å². The van der Waals surface area contributed by atoms with Gasteiger partial charge in [-0.1, -0.05) is 6.07 Å². The zero-order valence-electron chi connectivity index (χ0n) is 15.6. The second-order valence-electron chi connectivity index (χ2n) is 6.64. The minimum Gasteiger partial charge on any atom is -0.481 e. The maximum absolute atomic E-state index is 12.9. The second-order valence-corrected chi connectivity index (χ2v) is 7.61. The molecule has 1 aromatic carbocycles. The number of rotatable bonds is 6. The van der Waals surface area contributed by atoms with Crippen LogP contribution in [-0.4, -0.2) is 23.0 Å². The Bertz CT molecular complexity index is 1010. The van der Waals surface area contributed by atoms with E-state index in [1.165, 1.54) is 29.3 Å². The molecule has 5 nitrogen and oxygen atoms in total. The van der Waals surface area contributed by atoms with Crippen molar-refractivity contribution in [2.24, 2.45) is 0 Å². The smallest absolute Gasteiger partial charge is 0.258 e. The Kier molecular flexibility index (Phi) is 5.58. The molecule has 0 atom stereocenters. The van der Waals surface area contributed by atoms with Gasteiger partial charge in [-0.2, -0.15) is 0 Å². The first-order chi connectivity index (χ1) is 13.7. The van der Waals surface area contributed by atoms with Crippen molar-refractivity contribution in [1.82, 2.24) is 9.97 Å². The number of anilines is 1. The number of aromatic nitrogens is 2. The number of thioether (sulfide) groups is 1. The minimum absolute atomic E-state index is 0.138. The van der Waals surface area contributed by atoms with Gasteiger partial charge in [0.1, 0.15) is 5.03 Å². The third kappa shape index (κ3) is 4.17. The molecule has 6 heteroatoms. The molecule has 0 saturated heterocycles. The SMILES string of the molecule is COc1cc(CSc2ncccc2C(=O)Nc2ccc3c(c2)CCC3)ccn1. The summed E-state index contributed by atoms with van der Waals surface area (Å²) in [4.78, 5) is 21.4. The van der Waals surface area contributed by atoms with Crippen molar-refractivity contribution in [3.8, 4) is 5.88 Å². The predicted octanol–water partition coefficient (Wildman–Crippen LogP) is 4.52. The Hall–Kier alpha value is -2.86. The number of methoxy groups -OCH3 is 1. The van der Waals surface area contributed by atoms with E-state index in [0.717, 1.165) is 24.1 Å².